The van der Waals surface area contributed by atoms with Gasteiger partial charge in [-0.1, -0.05) is 32.0 Å². The number of amides is 1. The number of hydrogen-bond acceptors (Lipinski definition) is 4. The minimum absolute atomic E-state index is 0.112. The van der Waals surface area contributed by atoms with Crippen LogP contribution in [-0.4, -0.2) is 51.1 Å². The van der Waals surface area contributed by atoms with Gasteiger partial charge in [-0.15, -0.1) is 0 Å². The first-order chi connectivity index (χ1) is 13.6. The Kier molecular flexibility index (Phi) is 8.82. The molecule has 0 unspecified atom stereocenters. The van der Waals surface area contributed by atoms with Crippen LogP contribution in [0, 0.1) is 0 Å². The molecule has 5 heteroatoms. The fraction of sp³-hybridized carbons (Fsp3) is 0.435. The molecule has 0 bridgehead atoms. The molecule has 1 N–H and O–H groups in total. The van der Waals surface area contributed by atoms with Gasteiger partial charge in [0.25, 0.3) is 5.91 Å². The van der Waals surface area contributed by atoms with Gasteiger partial charge in [-0.05, 0) is 56.7 Å². The van der Waals surface area contributed by atoms with Crippen LogP contribution in [0.4, 0.5) is 11.4 Å². The van der Waals surface area contributed by atoms with E-state index < -0.39 is 0 Å². The second kappa shape index (κ2) is 11.3. The largest absolute Gasteiger partial charge is 0.497 e. The minimum Gasteiger partial charge on any atom is -0.497 e. The molecule has 0 saturated carbocycles. The molecule has 0 heterocycles. The van der Waals surface area contributed by atoms with Crippen LogP contribution in [0.2, 0.25) is 0 Å². The van der Waals surface area contributed by atoms with Crippen LogP contribution in [0.5, 0.6) is 5.75 Å². The highest BCUT2D eigenvalue weighted by Gasteiger charge is 2.14. The second-order valence-corrected chi connectivity index (χ2v) is 6.86. The van der Waals surface area contributed by atoms with Gasteiger partial charge in [-0.25, -0.2) is 0 Å². The number of ether oxygens (including phenoxy) is 1. The summed E-state index contributed by atoms with van der Waals surface area (Å²) in [7, 11) is 3.67. The van der Waals surface area contributed by atoms with Crippen molar-refractivity contribution < 1.29 is 9.53 Å². The number of rotatable bonds is 11. The molecule has 5 nitrogen and oxygen atoms in total. The highest BCUT2D eigenvalue weighted by molar-refractivity contribution is 6.08. The lowest BCUT2D eigenvalue weighted by atomic mass is 10.1. The predicted molar refractivity (Wildman–Crippen MR) is 118 cm³/mol. The van der Waals surface area contributed by atoms with Gasteiger partial charge >= 0.3 is 0 Å². The Bertz CT molecular complexity index is 744. The molecule has 0 fully saturated rings. The first-order valence-corrected chi connectivity index (χ1v) is 10.1. The molecule has 2 rings (SSSR count). The number of hydrogen-bond donors (Lipinski definition) is 1. The van der Waals surface area contributed by atoms with E-state index >= 15 is 0 Å². The van der Waals surface area contributed by atoms with E-state index in [-0.39, 0.29) is 5.91 Å². The maximum Gasteiger partial charge on any atom is 0.257 e. The number of anilines is 2. The van der Waals surface area contributed by atoms with Crippen LogP contribution in [0.15, 0.2) is 48.5 Å². The average Bonchev–Trinajstić information content (AvgIpc) is 2.73. The number of para-hydroxylation sites is 1. The summed E-state index contributed by atoms with van der Waals surface area (Å²) < 4.78 is 5.23. The number of nitrogens with one attached hydrogen (secondary N) is 1. The molecule has 0 spiro atoms. The van der Waals surface area contributed by atoms with Crippen LogP contribution in [-0.2, 0) is 0 Å². The Morgan fingerprint density at radius 3 is 2.43 bits per heavy atom. The van der Waals surface area contributed by atoms with Crippen molar-refractivity contribution >= 4 is 17.3 Å². The van der Waals surface area contributed by atoms with Crippen molar-refractivity contribution in [2.45, 2.75) is 26.7 Å². The molecule has 0 aliphatic rings. The van der Waals surface area contributed by atoms with Gasteiger partial charge in [0.2, 0.25) is 0 Å². The van der Waals surface area contributed by atoms with Gasteiger partial charge in [0, 0.05) is 31.0 Å². The number of unbranched alkanes of at least 4 members (excludes halogenated alkanes) is 1. The molecule has 0 aliphatic carbocycles. The third-order valence-electron chi connectivity index (χ3n) is 5.00. The van der Waals surface area contributed by atoms with E-state index in [1.165, 1.54) is 0 Å². The second-order valence-electron chi connectivity index (χ2n) is 6.86. The Labute approximate surface area is 169 Å². The third-order valence-corrected chi connectivity index (χ3v) is 5.00. The van der Waals surface area contributed by atoms with E-state index in [4.69, 9.17) is 4.74 Å². The van der Waals surface area contributed by atoms with Gasteiger partial charge in [-0.2, -0.15) is 0 Å². The summed E-state index contributed by atoms with van der Waals surface area (Å²) in [6.45, 7) is 8.64. The normalized spacial score (nSPS) is 10.8. The molecule has 0 radical (unpaired) electrons. The van der Waals surface area contributed by atoms with Crippen molar-refractivity contribution in [2.24, 2.45) is 0 Å². The van der Waals surface area contributed by atoms with Crippen molar-refractivity contribution in [1.82, 2.24) is 4.90 Å². The first kappa shape index (κ1) is 21.8. The van der Waals surface area contributed by atoms with E-state index in [1.54, 1.807) is 7.11 Å². The molecular weight excluding hydrogens is 350 g/mol. The fourth-order valence-corrected chi connectivity index (χ4v) is 3.24. The standard InChI is InChI=1S/C23H33N3O2/c1-5-26(6-2)17-10-9-16-25(3)22-15-8-7-14-21(22)23(27)24-19-12-11-13-20(18-19)28-4/h7-8,11-15,18H,5-6,9-10,16-17H2,1-4H3,(H,24,27). The van der Waals surface area contributed by atoms with Crippen molar-refractivity contribution in [3.8, 4) is 5.75 Å². The number of nitrogens with zero attached hydrogens (tertiary/aromatic N) is 2. The lowest BCUT2D eigenvalue weighted by Gasteiger charge is -2.23. The molecule has 28 heavy (non-hydrogen) atoms. The highest BCUT2D eigenvalue weighted by Crippen LogP contribution is 2.22. The van der Waals surface area contributed by atoms with E-state index in [0.717, 1.165) is 56.1 Å². The Morgan fingerprint density at radius 1 is 1.00 bits per heavy atom. The number of carbonyl (C=O) groups excluding carboxylic acids is 1. The zero-order chi connectivity index (χ0) is 20.4. The summed E-state index contributed by atoms with van der Waals surface area (Å²) in [6, 6.07) is 15.2. The first-order valence-electron chi connectivity index (χ1n) is 10.1. The lowest BCUT2D eigenvalue weighted by molar-refractivity contribution is 0.102. The predicted octanol–water partition coefficient (Wildman–Crippen LogP) is 4.51. The Balaban J connectivity index is 1.99. The van der Waals surface area contributed by atoms with Crippen molar-refractivity contribution in [3.05, 3.63) is 54.1 Å². The average molecular weight is 384 g/mol. The summed E-state index contributed by atoms with van der Waals surface area (Å²) in [6.07, 6.45) is 2.25. The number of methoxy groups -OCH3 is 1. The summed E-state index contributed by atoms with van der Waals surface area (Å²) in [5, 5.41) is 2.97. The topological polar surface area (TPSA) is 44.8 Å². The number of carbonyl (C=O) groups is 1. The summed E-state index contributed by atoms with van der Waals surface area (Å²) in [5.41, 5.74) is 2.35. The minimum atomic E-state index is -0.112. The zero-order valence-electron chi connectivity index (χ0n) is 17.6. The smallest absolute Gasteiger partial charge is 0.257 e. The highest BCUT2D eigenvalue weighted by atomic mass is 16.5. The van der Waals surface area contributed by atoms with Crippen molar-refractivity contribution in [3.63, 3.8) is 0 Å². The van der Waals surface area contributed by atoms with E-state index in [9.17, 15) is 4.79 Å². The van der Waals surface area contributed by atoms with Crippen LogP contribution in [0.25, 0.3) is 0 Å². The molecule has 0 atom stereocenters. The fourth-order valence-electron chi connectivity index (χ4n) is 3.24. The molecular formula is C23H33N3O2. The van der Waals surface area contributed by atoms with E-state index in [2.05, 4.69) is 36.0 Å². The van der Waals surface area contributed by atoms with E-state index in [1.807, 2.05) is 48.5 Å². The maximum atomic E-state index is 12.9. The quantitative estimate of drug-likeness (QED) is 0.580. The third kappa shape index (κ3) is 6.27. The summed E-state index contributed by atoms with van der Waals surface area (Å²) >= 11 is 0. The van der Waals surface area contributed by atoms with Gasteiger partial charge in [-0.3, -0.25) is 4.79 Å². The van der Waals surface area contributed by atoms with Crippen molar-refractivity contribution in [1.29, 1.82) is 0 Å². The van der Waals surface area contributed by atoms with Gasteiger partial charge < -0.3 is 19.9 Å². The van der Waals surface area contributed by atoms with E-state index in [0.29, 0.717) is 5.56 Å². The molecule has 1 amide bonds. The SMILES string of the molecule is CCN(CC)CCCCN(C)c1ccccc1C(=O)Nc1cccc(OC)c1. The zero-order valence-corrected chi connectivity index (χ0v) is 17.6. The van der Waals surface area contributed by atoms with Crippen LogP contribution in [0.1, 0.15) is 37.0 Å². The Morgan fingerprint density at radius 2 is 1.71 bits per heavy atom. The molecule has 2 aromatic rings. The maximum absolute atomic E-state index is 12.9. The molecule has 2 aromatic carbocycles. The van der Waals surface area contributed by atoms with Crippen LogP contribution < -0.4 is 15.0 Å². The summed E-state index contributed by atoms with van der Waals surface area (Å²) in [5.74, 6) is 0.607. The lowest BCUT2D eigenvalue weighted by Crippen LogP contribution is -2.26. The number of benzene rings is 2. The monoisotopic (exact) mass is 383 g/mol. The van der Waals surface area contributed by atoms with Gasteiger partial charge in [0.1, 0.15) is 5.75 Å². The molecule has 0 saturated heterocycles. The van der Waals surface area contributed by atoms with Gasteiger partial charge in [0.05, 0.1) is 12.7 Å². The van der Waals surface area contributed by atoms with Crippen LogP contribution in [0.3, 0.4) is 0 Å². The molecule has 0 aliphatic heterocycles. The van der Waals surface area contributed by atoms with Crippen molar-refractivity contribution in [2.75, 3.05) is 50.6 Å². The molecule has 152 valence electrons. The Hall–Kier alpha value is -2.53. The van der Waals surface area contributed by atoms with Gasteiger partial charge in [0.15, 0.2) is 0 Å². The summed E-state index contributed by atoms with van der Waals surface area (Å²) in [4.78, 5) is 17.5. The van der Waals surface area contributed by atoms with Crippen LogP contribution >= 0.6 is 0 Å². The molecule has 0 aromatic heterocycles.